The first-order valence-corrected chi connectivity index (χ1v) is 11.5. The molecule has 0 bridgehead atoms. The van der Waals surface area contributed by atoms with Crippen molar-refractivity contribution in [1.82, 2.24) is 19.8 Å². The second-order valence-electron chi connectivity index (χ2n) is 10.3. The number of ether oxygens (including phenoxy) is 2. The predicted molar refractivity (Wildman–Crippen MR) is 120 cm³/mol. The van der Waals surface area contributed by atoms with Crippen LogP contribution in [0.4, 0.5) is 10.6 Å². The van der Waals surface area contributed by atoms with Gasteiger partial charge in [0.1, 0.15) is 23.6 Å². The maximum absolute atomic E-state index is 12.7. The lowest BCUT2D eigenvalue weighted by molar-refractivity contribution is 0.0106. The van der Waals surface area contributed by atoms with Crippen molar-refractivity contribution in [3.8, 4) is 11.9 Å². The highest BCUT2D eigenvalue weighted by molar-refractivity contribution is 5.71. The van der Waals surface area contributed by atoms with E-state index in [4.69, 9.17) is 9.47 Å². The lowest BCUT2D eigenvalue weighted by atomic mass is 10.1. The summed E-state index contributed by atoms with van der Waals surface area (Å²) < 4.78 is 11.8. The van der Waals surface area contributed by atoms with Crippen LogP contribution in [0.5, 0.6) is 5.88 Å². The Morgan fingerprint density at radius 1 is 1.28 bits per heavy atom. The molecule has 4 rings (SSSR count). The number of likely N-dealkylation sites (tertiary alicyclic amines) is 1. The molecule has 0 N–H and O–H groups in total. The molecule has 1 amide bonds. The molecular weight excluding hydrogens is 408 g/mol. The minimum absolute atomic E-state index is 0.0319. The van der Waals surface area contributed by atoms with Crippen LogP contribution in [-0.4, -0.2) is 82.4 Å². The van der Waals surface area contributed by atoms with Crippen LogP contribution < -0.4 is 9.64 Å². The first kappa shape index (κ1) is 22.6. The summed E-state index contributed by atoms with van der Waals surface area (Å²) >= 11 is 0. The van der Waals surface area contributed by atoms with Gasteiger partial charge in [-0.3, -0.25) is 9.80 Å². The molecule has 1 aromatic heterocycles. The van der Waals surface area contributed by atoms with Crippen molar-refractivity contribution in [2.45, 2.75) is 76.7 Å². The number of carbonyl (C=O) groups is 1. The number of amides is 1. The Morgan fingerprint density at radius 3 is 2.62 bits per heavy atom. The van der Waals surface area contributed by atoms with Crippen LogP contribution in [0.25, 0.3) is 0 Å². The minimum Gasteiger partial charge on any atom is -0.473 e. The normalized spacial score (nSPS) is 23.7. The number of rotatable bonds is 4. The monoisotopic (exact) mass is 442 g/mol. The number of piperazine rings is 1. The van der Waals surface area contributed by atoms with Crippen LogP contribution >= 0.6 is 0 Å². The third-order valence-electron chi connectivity index (χ3n) is 6.63. The molecule has 174 valence electrons. The molecule has 0 unspecified atom stereocenters. The Bertz CT molecular complexity index is 904. The molecule has 32 heavy (non-hydrogen) atoms. The fourth-order valence-corrected chi connectivity index (χ4v) is 4.83. The molecule has 3 heterocycles. The van der Waals surface area contributed by atoms with Crippen molar-refractivity contribution in [2.75, 3.05) is 38.1 Å². The molecule has 9 nitrogen and oxygen atoms in total. The van der Waals surface area contributed by atoms with Crippen LogP contribution in [-0.2, 0) is 4.74 Å². The van der Waals surface area contributed by atoms with Gasteiger partial charge in [-0.15, -0.1) is 0 Å². The fraction of sp³-hybridized carbons (Fsp3) is 0.739. The molecule has 2 atom stereocenters. The summed E-state index contributed by atoms with van der Waals surface area (Å²) in [5.41, 5.74) is -0.742. The maximum Gasteiger partial charge on any atom is 0.410 e. The molecule has 2 saturated heterocycles. The quantitative estimate of drug-likeness (QED) is 0.703. The molecule has 1 saturated carbocycles. The second kappa shape index (κ2) is 8.39. The number of anilines is 1. The molecule has 3 fully saturated rings. The fourth-order valence-electron chi connectivity index (χ4n) is 4.83. The predicted octanol–water partition coefficient (Wildman–Crippen LogP) is 2.80. The van der Waals surface area contributed by atoms with Gasteiger partial charge in [0.05, 0.1) is 5.54 Å². The van der Waals surface area contributed by atoms with Crippen molar-refractivity contribution >= 4 is 11.9 Å². The van der Waals surface area contributed by atoms with E-state index < -0.39 is 5.60 Å². The second-order valence-corrected chi connectivity index (χ2v) is 10.3. The largest absolute Gasteiger partial charge is 0.473 e. The average Bonchev–Trinajstić information content (AvgIpc) is 3.33. The van der Waals surface area contributed by atoms with E-state index in [0.29, 0.717) is 37.4 Å². The summed E-state index contributed by atoms with van der Waals surface area (Å²) in [7, 11) is 2.11. The van der Waals surface area contributed by atoms with Crippen LogP contribution in [0, 0.1) is 11.3 Å². The standard InChI is InChI=1S/C23H34N6O3/c1-16(17-7-6-10-27(17)5)31-20-13-19(25-18(14-24)26-20)28-11-12-29(23(15-28)8-9-23)21(30)32-22(2,3)4/h13,16-17H,6-12,15H2,1-5H3/t16-,17-/m0/s1. The van der Waals surface area contributed by atoms with E-state index in [1.807, 2.05) is 31.7 Å². The molecule has 2 aliphatic heterocycles. The van der Waals surface area contributed by atoms with Gasteiger partial charge in [0.15, 0.2) is 0 Å². The van der Waals surface area contributed by atoms with Crippen LogP contribution in [0.3, 0.4) is 0 Å². The van der Waals surface area contributed by atoms with Crippen molar-refractivity contribution in [3.05, 3.63) is 11.9 Å². The van der Waals surface area contributed by atoms with Gasteiger partial charge in [-0.05, 0) is 67.0 Å². The number of nitriles is 1. The van der Waals surface area contributed by atoms with Crippen molar-refractivity contribution in [1.29, 1.82) is 5.26 Å². The van der Waals surface area contributed by atoms with E-state index in [-0.39, 0.29) is 23.6 Å². The Kier molecular flexibility index (Phi) is 5.93. The minimum atomic E-state index is -0.519. The number of nitrogens with zero attached hydrogens (tertiary/aromatic N) is 6. The van der Waals surface area contributed by atoms with E-state index in [9.17, 15) is 10.1 Å². The Hall–Kier alpha value is -2.60. The zero-order valence-electron chi connectivity index (χ0n) is 19.8. The Morgan fingerprint density at radius 2 is 2.03 bits per heavy atom. The number of hydrogen-bond acceptors (Lipinski definition) is 8. The van der Waals surface area contributed by atoms with E-state index in [2.05, 4.69) is 39.8 Å². The van der Waals surface area contributed by atoms with E-state index in [1.54, 1.807) is 0 Å². The van der Waals surface area contributed by atoms with E-state index >= 15 is 0 Å². The summed E-state index contributed by atoms with van der Waals surface area (Å²) in [5.74, 6) is 1.20. The van der Waals surface area contributed by atoms with E-state index in [1.165, 1.54) is 0 Å². The number of likely N-dealkylation sites (N-methyl/N-ethyl adjacent to an activating group) is 1. The Balaban J connectivity index is 1.49. The summed E-state index contributed by atoms with van der Waals surface area (Å²) in [6, 6.07) is 4.23. The van der Waals surface area contributed by atoms with Gasteiger partial charge < -0.3 is 14.4 Å². The van der Waals surface area contributed by atoms with Crippen molar-refractivity contribution in [2.24, 2.45) is 0 Å². The van der Waals surface area contributed by atoms with Gasteiger partial charge in [-0.1, -0.05) is 0 Å². The first-order valence-electron chi connectivity index (χ1n) is 11.5. The number of hydrogen-bond donors (Lipinski definition) is 0. The topological polar surface area (TPSA) is 94.8 Å². The van der Waals surface area contributed by atoms with Gasteiger partial charge in [-0.2, -0.15) is 10.2 Å². The third kappa shape index (κ3) is 4.75. The van der Waals surface area contributed by atoms with Gasteiger partial charge in [0.25, 0.3) is 0 Å². The maximum atomic E-state index is 12.7. The Labute approximate surface area is 190 Å². The smallest absolute Gasteiger partial charge is 0.410 e. The summed E-state index contributed by atoms with van der Waals surface area (Å²) in [5, 5.41) is 9.48. The van der Waals surface area contributed by atoms with E-state index in [0.717, 1.165) is 32.2 Å². The average molecular weight is 443 g/mol. The molecule has 3 aliphatic rings. The summed E-state index contributed by atoms with van der Waals surface area (Å²) in [4.78, 5) is 27.8. The third-order valence-corrected chi connectivity index (χ3v) is 6.63. The first-order chi connectivity index (χ1) is 15.1. The summed E-state index contributed by atoms with van der Waals surface area (Å²) in [6.45, 7) is 10.6. The van der Waals surface area contributed by atoms with Crippen LogP contribution in [0.15, 0.2) is 6.07 Å². The molecule has 0 aromatic carbocycles. The molecule has 1 aromatic rings. The van der Waals surface area contributed by atoms with Crippen molar-refractivity contribution < 1.29 is 14.3 Å². The zero-order valence-corrected chi connectivity index (χ0v) is 19.8. The molecule has 0 radical (unpaired) electrons. The molecule has 1 aliphatic carbocycles. The molecule has 1 spiro atoms. The van der Waals surface area contributed by atoms with Gasteiger partial charge in [-0.25, -0.2) is 9.78 Å². The highest BCUT2D eigenvalue weighted by atomic mass is 16.6. The van der Waals surface area contributed by atoms with Crippen LogP contribution in [0.2, 0.25) is 0 Å². The van der Waals surface area contributed by atoms with Gasteiger partial charge in [0.2, 0.25) is 11.7 Å². The van der Waals surface area contributed by atoms with Crippen molar-refractivity contribution in [3.63, 3.8) is 0 Å². The highest BCUT2D eigenvalue weighted by Gasteiger charge is 2.54. The van der Waals surface area contributed by atoms with Gasteiger partial charge >= 0.3 is 6.09 Å². The lowest BCUT2D eigenvalue weighted by Gasteiger charge is -2.42. The van der Waals surface area contributed by atoms with Gasteiger partial charge in [0, 0.05) is 31.7 Å². The number of carbonyl (C=O) groups excluding carboxylic acids is 1. The number of aromatic nitrogens is 2. The van der Waals surface area contributed by atoms with Crippen LogP contribution in [0.1, 0.15) is 59.2 Å². The highest BCUT2D eigenvalue weighted by Crippen LogP contribution is 2.45. The SMILES string of the molecule is C[C@H](Oc1cc(N2CCN(C(=O)OC(C)(C)C)C3(CC3)C2)nc(C#N)n1)[C@@H]1CCCN1C. The molecular formula is C23H34N6O3. The molecule has 9 heteroatoms. The lowest BCUT2D eigenvalue weighted by Crippen LogP contribution is -2.58. The summed E-state index contributed by atoms with van der Waals surface area (Å²) in [6.07, 6.45) is 3.85. The zero-order chi connectivity index (χ0) is 23.1.